The first kappa shape index (κ1) is 16.9. The third-order valence-electron chi connectivity index (χ3n) is 2.87. The molecule has 0 spiro atoms. The number of rotatable bonds is 6. The van der Waals surface area contributed by atoms with E-state index in [4.69, 9.17) is 4.18 Å². The Morgan fingerprint density at radius 3 is 2.10 bits per heavy atom. The highest BCUT2D eigenvalue weighted by Gasteiger charge is 2.22. The molecule has 0 aliphatic rings. The predicted octanol–water partition coefficient (Wildman–Crippen LogP) is 2.93. The lowest BCUT2D eigenvalue weighted by Crippen LogP contribution is -2.17. The summed E-state index contributed by atoms with van der Waals surface area (Å²) in [7, 11) is -3.89. The average Bonchev–Trinajstić information content (AvgIpc) is 2.23. The Hall–Kier alpha value is -1.20. The molecule has 0 bridgehead atoms. The first-order valence-corrected chi connectivity index (χ1v) is 8.03. The summed E-state index contributed by atoms with van der Waals surface area (Å²) in [4.78, 5) is 11.7. The van der Waals surface area contributed by atoms with Gasteiger partial charge in [0.25, 0.3) is 10.1 Å². The first-order chi connectivity index (χ1) is 9.13. The fourth-order valence-electron chi connectivity index (χ4n) is 2.28. The van der Waals surface area contributed by atoms with Crippen LogP contribution in [0.2, 0.25) is 0 Å². The average molecular weight is 298 g/mol. The molecule has 0 unspecified atom stereocenters. The van der Waals surface area contributed by atoms with E-state index in [1.165, 1.54) is 0 Å². The topological polar surface area (TPSA) is 60.4 Å². The number of aryl methyl sites for hydroxylation is 3. The first-order valence-electron chi connectivity index (χ1n) is 6.62. The normalized spacial score (nSPS) is 11.9. The smallest absolute Gasteiger partial charge is 0.297 e. The van der Waals surface area contributed by atoms with Gasteiger partial charge in [-0.1, -0.05) is 31.5 Å². The molecular weight excluding hydrogens is 276 g/mol. The van der Waals surface area contributed by atoms with Crippen molar-refractivity contribution >= 4 is 15.9 Å². The van der Waals surface area contributed by atoms with Crippen LogP contribution in [0.4, 0.5) is 0 Å². The lowest BCUT2D eigenvalue weighted by molar-refractivity contribution is -0.121. The molecule has 20 heavy (non-hydrogen) atoms. The quantitative estimate of drug-likeness (QED) is 0.758. The van der Waals surface area contributed by atoms with Crippen molar-refractivity contribution < 1.29 is 17.4 Å². The molecule has 0 atom stereocenters. The largest absolute Gasteiger partial charge is 0.297 e. The number of carbonyl (C=O) groups is 1. The van der Waals surface area contributed by atoms with Gasteiger partial charge in [0.1, 0.15) is 6.61 Å². The third kappa shape index (κ3) is 4.42. The summed E-state index contributed by atoms with van der Waals surface area (Å²) in [5.41, 5.74) is 2.27. The van der Waals surface area contributed by atoms with Crippen molar-refractivity contribution in [1.29, 1.82) is 0 Å². The Morgan fingerprint density at radius 2 is 1.65 bits per heavy atom. The van der Waals surface area contributed by atoms with Crippen LogP contribution in [0.5, 0.6) is 0 Å². The maximum Gasteiger partial charge on any atom is 0.297 e. The van der Waals surface area contributed by atoms with Crippen molar-refractivity contribution in [3.05, 3.63) is 28.8 Å². The van der Waals surface area contributed by atoms with Crippen molar-refractivity contribution in [2.24, 2.45) is 5.92 Å². The van der Waals surface area contributed by atoms with Crippen LogP contribution in [0.15, 0.2) is 17.0 Å². The Bertz CT molecular complexity index is 577. The monoisotopic (exact) mass is 298 g/mol. The maximum atomic E-state index is 12.2. The maximum absolute atomic E-state index is 12.2. The fourth-order valence-corrected chi connectivity index (χ4v) is 3.59. The van der Waals surface area contributed by atoms with Crippen LogP contribution < -0.4 is 0 Å². The Kier molecular flexibility index (Phi) is 5.48. The van der Waals surface area contributed by atoms with E-state index in [2.05, 4.69) is 0 Å². The number of Topliss-reactive ketones (excluding diaryl/α,β-unsaturated/α-hetero) is 1. The van der Waals surface area contributed by atoms with E-state index in [0.717, 1.165) is 5.56 Å². The molecule has 1 rings (SSSR count). The molecule has 0 heterocycles. The molecule has 0 saturated heterocycles. The minimum absolute atomic E-state index is 0.167. The SMILES string of the molecule is Cc1cc(C)c(S(=O)(=O)OCC(=O)CC(C)C)c(C)c1. The molecule has 112 valence electrons. The second kappa shape index (κ2) is 6.50. The third-order valence-corrected chi connectivity index (χ3v) is 4.44. The van der Waals surface area contributed by atoms with Gasteiger partial charge in [0.2, 0.25) is 0 Å². The molecule has 0 amide bonds. The molecule has 0 radical (unpaired) electrons. The van der Waals surface area contributed by atoms with E-state index in [1.54, 1.807) is 26.0 Å². The summed E-state index contributed by atoms with van der Waals surface area (Å²) in [5.74, 6) is -0.0114. The van der Waals surface area contributed by atoms with Crippen LogP contribution in [0, 0.1) is 26.7 Å². The summed E-state index contributed by atoms with van der Waals surface area (Å²) in [6.45, 7) is 8.77. The van der Waals surface area contributed by atoms with Gasteiger partial charge in [-0.25, -0.2) is 0 Å². The molecule has 0 aliphatic carbocycles. The van der Waals surface area contributed by atoms with Crippen LogP contribution in [0.1, 0.15) is 37.0 Å². The van der Waals surface area contributed by atoms with Crippen molar-refractivity contribution in [3.63, 3.8) is 0 Å². The molecule has 0 aliphatic heterocycles. The summed E-state index contributed by atoms with van der Waals surface area (Å²) in [6, 6.07) is 3.58. The minimum Gasteiger partial charge on any atom is -0.297 e. The van der Waals surface area contributed by atoms with Crippen LogP contribution in [0.25, 0.3) is 0 Å². The Balaban J connectivity index is 2.93. The van der Waals surface area contributed by atoms with Gasteiger partial charge in [0.15, 0.2) is 5.78 Å². The molecule has 5 heteroatoms. The molecule has 0 saturated carbocycles. The standard InChI is InChI=1S/C15H22O4S/c1-10(2)6-14(16)9-19-20(17,18)15-12(4)7-11(3)8-13(15)5/h7-8,10H,6,9H2,1-5H3. The van der Waals surface area contributed by atoms with E-state index < -0.39 is 16.7 Å². The predicted molar refractivity (Wildman–Crippen MR) is 78.3 cm³/mol. The molecular formula is C15H22O4S. The Labute approximate surface area is 121 Å². The Morgan fingerprint density at radius 1 is 1.15 bits per heavy atom. The molecule has 0 N–H and O–H groups in total. The van der Waals surface area contributed by atoms with Crippen LogP contribution in [0.3, 0.4) is 0 Å². The van der Waals surface area contributed by atoms with Gasteiger partial charge in [0, 0.05) is 6.42 Å². The van der Waals surface area contributed by atoms with Crippen molar-refractivity contribution in [2.45, 2.75) is 45.9 Å². The molecule has 1 aromatic carbocycles. The van der Waals surface area contributed by atoms with Gasteiger partial charge in [-0.15, -0.1) is 0 Å². The zero-order valence-corrected chi connectivity index (χ0v) is 13.5. The number of carbonyl (C=O) groups excluding carboxylic acids is 1. The second-order valence-corrected chi connectivity index (χ2v) is 7.13. The van der Waals surface area contributed by atoms with Crippen molar-refractivity contribution in [3.8, 4) is 0 Å². The highest BCUT2D eigenvalue weighted by molar-refractivity contribution is 7.86. The van der Waals surface area contributed by atoms with Gasteiger partial charge in [0.05, 0.1) is 4.90 Å². The summed E-state index contributed by atoms with van der Waals surface area (Å²) >= 11 is 0. The van der Waals surface area contributed by atoms with Crippen LogP contribution in [-0.2, 0) is 19.1 Å². The zero-order valence-electron chi connectivity index (χ0n) is 12.7. The van der Waals surface area contributed by atoms with E-state index in [9.17, 15) is 13.2 Å². The lowest BCUT2D eigenvalue weighted by Gasteiger charge is -2.12. The second-order valence-electron chi connectivity index (χ2n) is 5.58. The van der Waals surface area contributed by atoms with Crippen molar-refractivity contribution in [2.75, 3.05) is 6.61 Å². The molecule has 1 aromatic rings. The number of hydrogen-bond donors (Lipinski definition) is 0. The van der Waals surface area contributed by atoms with E-state index in [1.807, 2.05) is 20.8 Å². The number of hydrogen-bond acceptors (Lipinski definition) is 4. The number of benzene rings is 1. The fraction of sp³-hybridized carbons (Fsp3) is 0.533. The zero-order chi connectivity index (χ0) is 15.5. The lowest BCUT2D eigenvalue weighted by atomic mass is 10.1. The highest BCUT2D eigenvalue weighted by Crippen LogP contribution is 2.23. The summed E-state index contributed by atoms with van der Waals surface area (Å²) in [5, 5.41) is 0. The minimum atomic E-state index is -3.89. The summed E-state index contributed by atoms with van der Waals surface area (Å²) in [6.07, 6.45) is 0.321. The van der Waals surface area contributed by atoms with E-state index in [-0.39, 0.29) is 16.6 Å². The van der Waals surface area contributed by atoms with Gasteiger partial charge in [-0.3, -0.25) is 8.98 Å². The van der Waals surface area contributed by atoms with Gasteiger partial charge in [-0.05, 0) is 37.8 Å². The van der Waals surface area contributed by atoms with Crippen LogP contribution in [-0.4, -0.2) is 20.8 Å². The number of ketones is 1. The van der Waals surface area contributed by atoms with E-state index in [0.29, 0.717) is 17.5 Å². The van der Waals surface area contributed by atoms with Gasteiger partial charge < -0.3 is 0 Å². The molecule has 0 aromatic heterocycles. The van der Waals surface area contributed by atoms with Gasteiger partial charge in [-0.2, -0.15) is 8.42 Å². The van der Waals surface area contributed by atoms with Crippen LogP contribution >= 0.6 is 0 Å². The van der Waals surface area contributed by atoms with E-state index >= 15 is 0 Å². The molecule has 4 nitrogen and oxygen atoms in total. The summed E-state index contributed by atoms with van der Waals surface area (Å²) < 4.78 is 29.3. The van der Waals surface area contributed by atoms with Crippen molar-refractivity contribution in [1.82, 2.24) is 0 Å². The molecule has 0 fully saturated rings. The van der Waals surface area contributed by atoms with Gasteiger partial charge >= 0.3 is 0 Å². The highest BCUT2D eigenvalue weighted by atomic mass is 32.2.